The highest BCUT2D eigenvalue weighted by Crippen LogP contribution is 2.42. The first-order chi connectivity index (χ1) is 7.49. The molecule has 0 spiro atoms. The van der Waals surface area contributed by atoms with E-state index in [1.165, 1.54) is 0 Å². The van der Waals surface area contributed by atoms with Crippen molar-refractivity contribution in [3.63, 3.8) is 0 Å². The third-order valence-corrected chi connectivity index (χ3v) is 4.25. The zero-order valence-electron chi connectivity index (χ0n) is 9.39. The van der Waals surface area contributed by atoms with Gasteiger partial charge >= 0.3 is 7.67 Å². The van der Waals surface area contributed by atoms with Gasteiger partial charge in [-0.05, 0) is 24.3 Å². The van der Waals surface area contributed by atoms with Crippen LogP contribution >= 0.6 is 19.3 Å². The van der Waals surface area contributed by atoms with Crippen molar-refractivity contribution < 1.29 is 9.09 Å². The van der Waals surface area contributed by atoms with E-state index in [0.717, 1.165) is 0 Å². The second kappa shape index (κ2) is 5.69. The molecule has 2 N–H and O–H groups in total. The van der Waals surface area contributed by atoms with Crippen LogP contribution < -0.4 is 10.0 Å². The Bertz CT molecular complexity index is 379. The second-order valence-corrected chi connectivity index (χ2v) is 5.56. The molecule has 6 heteroatoms. The molecule has 0 aliphatic carbocycles. The predicted molar refractivity (Wildman–Crippen MR) is 66.8 cm³/mol. The summed E-state index contributed by atoms with van der Waals surface area (Å²) in [7, 11) is -3.25. The van der Waals surface area contributed by atoms with Crippen LogP contribution in [-0.2, 0) is 4.57 Å². The standard InChI is InChI=1S/C10H16ClN2O2P/c1-3-13(4-2)16(12,14)15-10-7-5-9(11)6-8-10/h5-8H,3-4H2,1-2H3,(H2,12,14). The topological polar surface area (TPSA) is 55.6 Å². The molecule has 0 amide bonds. The maximum absolute atomic E-state index is 12.1. The molecule has 0 aromatic heterocycles. The summed E-state index contributed by atoms with van der Waals surface area (Å²) in [6.07, 6.45) is 0. The first-order valence-corrected chi connectivity index (χ1v) is 7.11. The summed E-state index contributed by atoms with van der Waals surface area (Å²) < 4.78 is 19.0. The summed E-state index contributed by atoms with van der Waals surface area (Å²) in [5, 5.41) is 0.599. The van der Waals surface area contributed by atoms with Crippen LogP contribution in [0.3, 0.4) is 0 Å². The average Bonchev–Trinajstić information content (AvgIpc) is 2.22. The Morgan fingerprint density at radius 2 is 1.81 bits per heavy atom. The summed E-state index contributed by atoms with van der Waals surface area (Å²) in [6, 6.07) is 6.62. The summed E-state index contributed by atoms with van der Waals surface area (Å²) >= 11 is 5.73. The molecule has 90 valence electrons. The van der Waals surface area contributed by atoms with E-state index in [9.17, 15) is 4.57 Å². The molecule has 0 aliphatic rings. The van der Waals surface area contributed by atoms with Crippen molar-refractivity contribution in [3.8, 4) is 5.75 Å². The molecule has 4 nitrogen and oxygen atoms in total. The third-order valence-electron chi connectivity index (χ3n) is 2.17. The van der Waals surface area contributed by atoms with Crippen LogP contribution in [0.2, 0.25) is 5.02 Å². The van der Waals surface area contributed by atoms with Crippen LogP contribution in [0.1, 0.15) is 13.8 Å². The number of rotatable bonds is 5. The van der Waals surface area contributed by atoms with E-state index >= 15 is 0 Å². The Morgan fingerprint density at radius 3 is 2.25 bits per heavy atom. The molecule has 1 aromatic carbocycles. The van der Waals surface area contributed by atoms with Crippen molar-refractivity contribution in [2.45, 2.75) is 13.8 Å². The predicted octanol–water partition coefficient (Wildman–Crippen LogP) is 3.13. The summed E-state index contributed by atoms with van der Waals surface area (Å²) in [5.74, 6) is 0.460. The molecule has 0 heterocycles. The number of hydrogen-bond acceptors (Lipinski definition) is 2. The van der Waals surface area contributed by atoms with E-state index in [4.69, 9.17) is 21.6 Å². The van der Waals surface area contributed by atoms with Crippen molar-refractivity contribution in [1.29, 1.82) is 0 Å². The van der Waals surface area contributed by atoms with Crippen molar-refractivity contribution in [3.05, 3.63) is 29.3 Å². The van der Waals surface area contributed by atoms with E-state index in [-0.39, 0.29) is 0 Å². The molecule has 16 heavy (non-hydrogen) atoms. The van der Waals surface area contributed by atoms with E-state index in [1.807, 2.05) is 13.8 Å². The van der Waals surface area contributed by atoms with Crippen LogP contribution in [0, 0.1) is 0 Å². The van der Waals surface area contributed by atoms with E-state index < -0.39 is 7.67 Å². The van der Waals surface area contributed by atoms with Crippen LogP contribution in [0.5, 0.6) is 5.75 Å². The van der Waals surface area contributed by atoms with Crippen molar-refractivity contribution in [2.75, 3.05) is 13.1 Å². The van der Waals surface area contributed by atoms with Gasteiger partial charge in [-0.15, -0.1) is 0 Å². The maximum atomic E-state index is 12.1. The summed E-state index contributed by atoms with van der Waals surface area (Å²) in [5.41, 5.74) is 5.68. The van der Waals surface area contributed by atoms with Gasteiger partial charge in [0.15, 0.2) is 0 Å². The van der Waals surface area contributed by atoms with E-state index in [1.54, 1.807) is 28.9 Å². The Balaban J connectivity index is 2.79. The van der Waals surface area contributed by atoms with Gasteiger partial charge in [-0.1, -0.05) is 25.4 Å². The fraction of sp³-hybridized carbons (Fsp3) is 0.400. The fourth-order valence-corrected chi connectivity index (χ4v) is 2.78. The maximum Gasteiger partial charge on any atom is 0.390 e. The normalized spacial score (nSPS) is 14.8. The number of benzene rings is 1. The van der Waals surface area contributed by atoms with Crippen LogP contribution in [0.25, 0.3) is 0 Å². The van der Waals surface area contributed by atoms with Gasteiger partial charge in [0.2, 0.25) is 0 Å². The summed E-state index contributed by atoms with van der Waals surface area (Å²) in [4.78, 5) is 0. The number of hydrogen-bond donors (Lipinski definition) is 1. The molecule has 0 aliphatic heterocycles. The largest absolute Gasteiger partial charge is 0.422 e. The molecule has 0 fully saturated rings. The lowest BCUT2D eigenvalue weighted by Gasteiger charge is -2.25. The highest BCUT2D eigenvalue weighted by molar-refractivity contribution is 7.54. The van der Waals surface area contributed by atoms with Crippen LogP contribution in [0.4, 0.5) is 0 Å². The average molecular weight is 263 g/mol. The first-order valence-electron chi connectivity index (χ1n) is 5.08. The van der Waals surface area contributed by atoms with E-state index in [2.05, 4.69) is 0 Å². The molecule has 1 atom stereocenters. The van der Waals surface area contributed by atoms with Gasteiger partial charge in [-0.2, -0.15) is 0 Å². The van der Waals surface area contributed by atoms with Gasteiger partial charge in [0, 0.05) is 18.1 Å². The van der Waals surface area contributed by atoms with E-state index in [0.29, 0.717) is 23.9 Å². The van der Waals surface area contributed by atoms with Gasteiger partial charge in [0.05, 0.1) is 0 Å². The lowest BCUT2D eigenvalue weighted by atomic mass is 10.3. The molecule has 0 saturated carbocycles. The lowest BCUT2D eigenvalue weighted by molar-refractivity contribution is 0.371. The molecule has 0 bridgehead atoms. The van der Waals surface area contributed by atoms with Gasteiger partial charge in [0.25, 0.3) is 0 Å². The Kier molecular flexibility index (Phi) is 4.81. The number of nitrogens with two attached hydrogens (primary N) is 1. The summed E-state index contributed by atoms with van der Waals surface area (Å²) in [6.45, 7) is 4.93. The van der Waals surface area contributed by atoms with Gasteiger partial charge < -0.3 is 4.52 Å². The third kappa shape index (κ3) is 3.49. The van der Waals surface area contributed by atoms with Gasteiger partial charge in [0.1, 0.15) is 5.75 Å². The van der Waals surface area contributed by atoms with Gasteiger partial charge in [-0.25, -0.2) is 14.7 Å². The first kappa shape index (κ1) is 13.5. The van der Waals surface area contributed by atoms with Gasteiger partial charge in [-0.3, -0.25) is 0 Å². The highest BCUT2D eigenvalue weighted by Gasteiger charge is 2.25. The Labute approximate surface area is 101 Å². The zero-order valence-corrected chi connectivity index (χ0v) is 11.0. The monoisotopic (exact) mass is 262 g/mol. The highest BCUT2D eigenvalue weighted by atomic mass is 35.5. The second-order valence-electron chi connectivity index (χ2n) is 3.25. The Hall–Kier alpha value is -0.540. The molecule has 0 saturated heterocycles. The minimum atomic E-state index is -3.25. The smallest absolute Gasteiger partial charge is 0.390 e. The molecular weight excluding hydrogens is 247 g/mol. The minimum absolute atomic E-state index is 0.460. The Morgan fingerprint density at radius 1 is 1.31 bits per heavy atom. The van der Waals surface area contributed by atoms with Crippen LogP contribution in [-0.4, -0.2) is 17.8 Å². The lowest BCUT2D eigenvalue weighted by Crippen LogP contribution is -2.26. The number of nitrogens with zero attached hydrogens (tertiary/aromatic N) is 1. The molecule has 0 radical (unpaired) electrons. The SMILES string of the molecule is CCN(CC)P(N)(=O)Oc1ccc(Cl)cc1. The molecule has 1 aromatic rings. The zero-order chi connectivity index (χ0) is 12.2. The van der Waals surface area contributed by atoms with Crippen LogP contribution in [0.15, 0.2) is 24.3 Å². The molecule has 1 rings (SSSR count). The fourth-order valence-electron chi connectivity index (χ4n) is 1.32. The number of halogens is 1. The molecular formula is C10H16ClN2O2P. The quantitative estimate of drug-likeness (QED) is 0.829. The molecule has 1 unspecified atom stereocenters. The van der Waals surface area contributed by atoms with Crippen molar-refractivity contribution in [1.82, 2.24) is 4.67 Å². The van der Waals surface area contributed by atoms with Crippen molar-refractivity contribution in [2.24, 2.45) is 5.50 Å². The van der Waals surface area contributed by atoms with Crippen molar-refractivity contribution >= 4 is 19.3 Å². The minimum Gasteiger partial charge on any atom is -0.422 e.